The molecule has 7 heteroatoms. The molecule has 0 radical (unpaired) electrons. The summed E-state index contributed by atoms with van der Waals surface area (Å²) in [6.07, 6.45) is 0. The minimum atomic E-state index is -0.0483. The van der Waals surface area contributed by atoms with Crippen molar-refractivity contribution in [3.8, 4) is 22.7 Å². The van der Waals surface area contributed by atoms with Gasteiger partial charge in [-0.25, -0.2) is 4.68 Å². The normalized spacial score (nSPS) is 13.9. The summed E-state index contributed by atoms with van der Waals surface area (Å²) in [7, 11) is 1.64. The molecule has 2 heterocycles. The number of methoxy groups -OCH3 is 1. The first-order valence-corrected chi connectivity index (χ1v) is 14.1. The lowest BCUT2D eigenvalue weighted by Crippen LogP contribution is -2.50. The van der Waals surface area contributed by atoms with Crippen molar-refractivity contribution in [2.75, 3.05) is 33.3 Å². The van der Waals surface area contributed by atoms with Crippen LogP contribution in [0.25, 0.3) is 16.9 Å². The zero-order valence-corrected chi connectivity index (χ0v) is 23.6. The van der Waals surface area contributed by atoms with E-state index in [4.69, 9.17) is 21.4 Å². The highest BCUT2D eigenvalue weighted by molar-refractivity contribution is 6.30. The highest BCUT2D eigenvalue weighted by atomic mass is 35.5. The van der Waals surface area contributed by atoms with Crippen molar-refractivity contribution in [2.45, 2.75) is 6.04 Å². The topological polar surface area (TPSA) is 50.6 Å². The Bertz CT molecular complexity index is 1570. The number of carbonyl (C=O) groups excluding carboxylic acids is 1. The quantitative estimate of drug-likeness (QED) is 0.220. The zero-order valence-electron chi connectivity index (χ0n) is 22.9. The van der Waals surface area contributed by atoms with Gasteiger partial charge in [0, 0.05) is 36.8 Å². The number of benzene rings is 4. The first kappa shape index (κ1) is 26.8. The van der Waals surface area contributed by atoms with Crippen molar-refractivity contribution >= 4 is 17.5 Å². The second-order valence-corrected chi connectivity index (χ2v) is 10.5. The SMILES string of the molecule is COc1ccc(-c2cc(C(=O)N3CCN(C(c4ccccc4)c4ccccc4)CC3)n(-c3cccc(Cl)c3)n2)cc1. The fraction of sp³-hybridized carbons (Fsp3) is 0.176. The number of halogens is 1. The summed E-state index contributed by atoms with van der Waals surface area (Å²) in [5.74, 6) is 0.717. The average molecular weight is 563 g/mol. The Morgan fingerprint density at radius 1 is 0.780 bits per heavy atom. The van der Waals surface area contributed by atoms with Crippen LogP contribution in [0, 0.1) is 0 Å². The highest BCUT2D eigenvalue weighted by Gasteiger charge is 2.30. The van der Waals surface area contributed by atoms with E-state index in [-0.39, 0.29) is 11.9 Å². The molecule has 1 aliphatic rings. The van der Waals surface area contributed by atoms with Crippen LogP contribution in [0.4, 0.5) is 0 Å². The van der Waals surface area contributed by atoms with Gasteiger partial charge in [-0.15, -0.1) is 0 Å². The molecule has 1 fully saturated rings. The first-order chi connectivity index (χ1) is 20.1. The molecule has 6 nitrogen and oxygen atoms in total. The number of hydrogen-bond acceptors (Lipinski definition) is 4. The summed E-state index contributed by atoms with van der Waals surface area (Å²) >= 11 is 6.32. The fourth-order valence-corrected chi connectivity index (χ4v) is 5.66. The molecule has 206 valence electrons. The molecule has 0 atom stereocenters. The molecular weight excluding hydrogens is 532 g/mol. The maximum absolute atomic E-state index is 14.0. The molecule has 0 unspecified atom stereocenters. The molecule has 41 heavy (non-hydrogen) atoms. The molecule has 1 saturated heterocycles. The van der Waals surface area contributed by atoms with Gasteiger partial charge in [-0.1, -0.05) is 78.3 Å². The van der Waals surface area contributed by atoms with E-state index in [1.807, 2.05) is 71.6 Å². The number of hydrogen-bond donors (Lipinski definition) is 0. The summed E-state index contributed by atoms with van der Waals surface area (Å²) in [6, 6.07) is 38.3. The van der Waals surface area contributed by atoms with Gasteiger partial charge in [0.1, 0.15) is 11.4 Å². The molecule has 4 aromatic carbocycles. The Morgan fingerprint density at radius 3 is 2.00 bits per heavy atom. The maximum Gasteiger partial charge on any atom is 0.272 e. The van der Waals surface area contributed by atoms with Crippen LogP contribution in [-0.2, 0) is 0 Å². The third kappa shape index (κ3) is 5.75. The van der Waals surface area contributed by atoms with Crippen LogP contribution >= 0.6 is 11.6 Å². The van der Waals surface area contributed by atoms with Gasteiger partial charge >= 0.3 is 0 Å². The largest absolute Gasteiger partial charge is 0.497 e. The van der Waals surface area contributed by atoms with Crippen LogP contribution < -0.4 is 4.74 Å². The van der Waals surface area contributed by atoms with E-state index in [0.29, 0.717) is 29.5 Å². The van der Waals surface area contributed by atoms with E-state index in [0.717, 1.165) is 30.1 Å². The Balaban J connectivity index is 1.27. The first-order valence-electron chi connectivity index (χ1n) is 13.7. The van der Waals surface area contributed by atoms with Gasteiger partial charge in [0.2, 0.25) is 0 Å². The molecule has 1 aromatic heterocycles. The summed E-state index contributed by atoms with van der Waals surface area (Å²) < 4.78 is 7.02. The number of nitrogens with zero attached hydrogens (tertiary/aromatic N) is 4. The van der Waals surface area contributed by atoms with Crippen molar-refractivity contribution in [3.05, 3.63) is 137 Å². The minimum absolute atomic E-state index is 0.0483. The molecule has 5 aromatic rings. The lowest BCUT2D eigenvalue weighted by Gasteiger charge is -2.39. The van der Waals surface area contributed by atoms with E-state index in [9.17, 15) is 4.79 Å². The molecule has 1 aliphatic heterocycles. The van der Waals surface area contributed by atoms with Crippen molar-refractivity contribution in [1.29, 1.82) is 0 Å². The van der Waals surface area contributed by atoms with Gasteiger partial charge in [0.25, 0.3) is 5.91 Å². The van der Waals surface area contributed by atoms with Gasteiger partial charge < -0.3 is 9.64 Å². The van der Waals surface area contributed by atoms with Crippen LogP contribution in [0.5, 0.6) is 5.75 Å². The smallest absolute Gasteiger partial charge is 0.272 e. The zero-order chi connectivity index (χ0) is 28.2. The van der Waals surface area contributed by atoms with Crippen molar-refractivity contribution in [1.82, 2.24) is 19.6 Å². The van der Waals surface area contributed by atoms with Gasteiger partial charge in [0.05, 0.1) is 24.5 Å². The summed E-state index contributed by atoms with van der Waals surface area (Å²) in [5, 5.41) is 5.43. The summed E-state index contributed by atoms with van der Waals surface area (Å²) in [6.45, 7) is 2.76. The van der Waals surface area contributed by atoms with E-state index in [1.165, 1.54) is 11.1 Å². The second-order valence-electron chi connectivity index (χ2n) is 10.1. The van der Waals surface area contributed by atoms with Gasteiger partial charge in [-0.2, -0.15) is 5.10 Å². The number of piperazine rings is 1. The maximum atomic E-state index is 14.0. The Labute approximate surface area is 245 Å². The minimum Gasteiger partial charge on any atom is -0.497 e. The average Bonchev–Trinajstić information content (AvgIpc) is 3.48. The molecule has 0 aliphatic carbocycles. The van der Waals surface area contributed by atoms with Gasteiger partial charge in [-0.3, -0.25) is 9.69 Å². The van der Waals surface area contributed by atoms with Crippen molar-refractivity contribution in [2.24, 2.45) is 0 Å². The van der Waals surface area contributed by atoms with Crippen LogP contribution in [-0.4, -0.2) is 58.8 Å². The lowest BCUT2D eigenvalue weighted by molar-refractivity contribution is 0.0588. The fourth-order valence-electron chi connectivity index (χ4n) is 5.47. The van der Waals surface area contributed by atoms with Crippen LogP contribution in [0.2, 0.25) is 5.02 Å². The van der Waals surface area contributed by atoms with Crippen LogP contribution in [0.15, 0.2) is 115 Å². The predicted molar refractivity (Wildman–Crippen MR) is 163 cm³/mol. The van der Waals surface area contributed by atoms with Crippen molar-refractivity contribution in [3.63, 3.8) is 0 Å². The van der Waals surface area contributed by atoms with Crippen molar-refractivity contribution < 1.29 is 9.53 Å². The molecule has 0 saturated carbocycles. The van der Waals surface area contributed by atoms with Crippen LogP contribution in [0.1, 0.15) is 27.7 Å². The number of ether oxygens (including phenoxy) is 1. The highest BCUT2D eigenvalue weighted by Crippen LogP contribution is 2.30. The van der Waals surface area contributed by atoms with E-state index >= 15 is 0 Å². The number of carbonyl (C=O) groups is 1. The third-order valence-electron chi connectivity index (χ3n) is 7.56. The van der Waals surface area contributed by atoms with E-state index < -0.39 is 0 Å². The standard InChI is InChI=1S/C34H31ClN4O2/c1-41-30-17-15-25(16-18-30)31-24-32(39(36-31)29-14-8-13-28(35)23-29)34(40)38-21-19-37(20-22-38)33(26-9-4-2-5-10-26)27-11-6-3-7-12-27/h2-18,23-24,33H,19-22H2,1H3. The van der Waals surface area contributed by atoms with Gasteiger partial charge in [-0.05, 0) is 59.7 Å². The summed E-state index contributed by atoms with van der Waals surface area (Å²) in [4.78, 5) is 18.4. The Hall–Kier alpha value is -4.39. The molecule has 6 rings (SSSR count). The predicted octanol–water partition coefficient (Wildman–Crippen LogP) is 6.75. The van der Waals surface area contributed by atoms with Crippen LogP contribution in [0.3, 0.4) is 0 Å². The van der Waals surface area contributed by atoms with E-state index in [1.54, 1.807) is 11.8 Å². The molecule has 0 N–H and O–H groups in total. The third-order valence-corrected chi connectivity index (χ3v) is 7.80. The lowest BCUT2D eigenvalue weighted by atomic mass is 9.96. The molecule has 0 spiro atoms. The molecule has 0 bridgehead atoms. The number of rotatable bonds is 7. The Kier molecular flexibility index (Phi) is 7.85. The van der Waals surface area contributed by atoms with E-state index in [2.05, 4.69) is 53.4 Å². The monoisotopic (exact) mass is 562 g/mol. The van der Waals surface area contributed by atoms with Gasteiger partial charge in [0.15, 0.2) is 0 Å². The second kappa shape index (κ2) is 12.0. The Morgan fingerprint density at radius 2 is 1.41 bits per heavy atom. The molecular formula is C34H31ClN4O2. The molecule has 1 amide bonds. The summed E-state index contributed by atoms with van der Waals surface area (Å²) in [5.41, 5.74) is 5.37. The number of aromatic nitrogens is 2. The number of amides is 1.